The van der Waals surface area contributed by atoms with E-state index in [0.29, 0.717) is 22.8 Å². The quantitative estimate of drug-likeness (QED) is 0.255. The monoisotopic (exact) mass is 407 g/mol. The van der Waals surface area contributed by atoms with Gasteiger partial charge in [0.2, 0.25) is 6.79 Å². The van der Waals surface area contributed by atoms with E-state index in [1.807, 2.05) is 12.1 Å². The third-order valence-corrected chi connectivity index (χ3v) is 4.55. The molecular formula is C21H17N3O6. The molecule has 30 heavy (non-hydrogen) atoms. The van der Waals surface area contributed by atoms with Crippen LogP contribution in [0.3, 0.4) is 0 Å². The number of aromatic nitrogens is 2. The molecule has 0 unspecified atom stereocenters. The van der Waals surface area contributed by atoms with Crippen molar-refractivity contribution in [3.63, 3.8) is 0 Å². The molecule has 0 N–H and O–H groups in total. The third kappa shape index (κ3) is 4.00. The molecule has 4 rings (SSSR count). The summed E-state index contributed by atoms with van der Waals surface area (Å²) < 4.78 is 17.4. The molecule has 1 aliphatic heterocycles. The number of benzene rings is 2. The summed E-state index contributed by atoms with van der Waals surface area (Å²) in [5, 5.41) is 14.8. The van der Waals surface area contributed by atoms with Crippen molar-refractivity contribution in [1.29, 1.82) is 0 Å². The summed E-state index contributed by atoms with van der Waals surface area (Å²) in [6.07, 6.45) is 5.72. The Morgan fingerprint density at radius 3 is 2.87 bits per heavy atom. The van der Waals surface area contributed by atoms with Crippen molar-refractivity contribution >= 4 is 17.5 Å². The van der Waals surface area contributed by atoms with Gasteiger partial charge in [0.1, 0.15) is 18.1 Å². The SMILES string of the molecule is COc1ccc(/C=C/C(=O)c2ccc3c(c2)OCO3)cc1Cn1cc([N+](=O)[O-])cn1. The molecular weight excluding hydrogens is 390 g/mol. The van der Waals surface area contributed by atoms with Gasteiger partial charge in [0, 0.05) is 11.1 Å². The number of nitro groups is 1. The molecule has 0 radical (unpaired) electrons. The summed E-state index contributed by atoms with van der Waals surface area (Å²) in [6.45, 7) is 0.436. The number of hydrogen-bond acceptors (Lipinski definition) is 7. The van der Waals surface area contributed by atoms with E-state index in [9.17, 15) is 14.9 Å². The lowest BCUT2D eigenvalue weighted by molar-refractivity contribution is -0.385. The van der Waals surface area contributed by atoms with Gasteiger partial charge in [-0.1, -0.05) is 12.1 Å². The van der Waals surface area contributed by atoms with Crippen molar-refractivity contribution in [3.05, 3.63) is 81.7 Å². The van der Waals surface area contributed by atoms with Gasteiger partial charge >= 0.3 is 5.69 Å². The number of methoxy groups -OCH3 is 1. The summed E-state index contributed by atoms with van der Waals surface area (Å²) >= 11 is 0. The molecule has 0 amide bonds. The van der Waals surface area contributed by atoms with Crippen LogP contribution in [-0.2, 0) is 6.54 Å². The fraction of sp³-hybridized carbons (Fsp3) is 0.143. The molecule has 152 valence electrons. The molecule has 2 heterocycles. The van der Waals surface area contributed by atoms with Crippen LogP contribution in [0.1, 0.15) is 21.5 Å². The third-order valence-electron chi connectivity index (χ3n) is 4.55. The van der Waals surface area contributed by atoms with Crippen molar-refractivity contribution in [3.8, 4) is 17.2 Å². The molecule has 0 fully saturated rings. The van der Waals surface area contributed by atoms with Gasteiger partial charge in [-0.05, 0) is 42.0 Å². The topological polar surface area (TPSA) is 106 Å². The number of allylic oxidation sites excluding steroid dienone is 1. The minimum atomic E-state index is -0.498. The lowest BCUT2D eigenvalue weighted by Gasteiger charge is -2.09. The molecule has 0 saturated heterocycles. The number of hydrogen-bond donors (Lipinski definition) is 0. The molecule has 0 aliphatic carbocycles. The van der Waals surface area contributed by atoms with E-state index in [2.05, 4.69) is 5.10 Å². The van der Waals surface area contributed by atoms with Gasteiger partial charge in [0.25, 0.3) is 0 Å². The first-order valence-electron chi connectivity index (χ1n) is 8.99. The van der Waals surface area contributed by atoms with Crippen molar-refractivity contribution in [2.75, 3.05) is 13.9 Å². The fourth-order valence-electron chi connectivity index (χ4n) is 3.05. The Labute approximate surface area is 171 Å². The van der Waals surface area contributed by atoms with Crippen LogP contribution in [0, 0.1) is 10.1 Å². The molecule has 9 nitrogen and oxygen atoms in total. The number of rotatable bonds is 7. The zero-order valence-corrected chi connectivity index (χ0v) is 16.0. The zero-order chi connectivity index (χ0) is 21.1. The van der Waals surface area contributed by atoms with Crippen LogP contribution in [0.2, 0.25) is 0 Å². The molecule has 3 aromatic rings. The zero-order valence-electron chi connectivity index (χ0n) is 16.0. The van der Waals surface area contributed by atoms with Gasteiger partial charge < -0.3 is 14.2 Å². The molecule has 0 saturated carbocycles. The standard InChI is InChI=1S/C21H17N3O6/c1-28-19-6-3-14(8-16(19)11-23-12-17(10-22-23)24(26)27)2-5-18(25)15-4-7-20-21(9-15)30-13-29-20/h2-10,12H,11,13H2,1H3/b5-2+. The highest BCUT2D eigenvalue weighted by molar-refractivity contribution is 6.07. The van der Waals surface area contributed by atoms with Crippen molar-refractivity contribution in [2.24, 2.45) is 0 Å². The van der Waals surface area contributed by atoms with E-state index in [0.717, 1.165) is 11.1 Å². The molecule has 1 aliphatic rings. The second kappa shape index (κ2) is 8.08. The lowest BCUT2D eigenvalue weighted by Crippen LogP contribution is -2.02. The van der Waals surface area contributed by atoms with E-state index in [1.165, 1.54) is 23.2 Å². The molecule has 2 aromatic carbocycles. The maximum Gasteiger partial charge on any atom is 0.307 e. The number of ketones is 1. The second-order valence-electron chi connectivity index (χ2n) is 6.49. The first kappa shape index (κ1) is 19.2. The lowest BCUT2D eigenvalue weighted by atomic mass is 10.1. The summed E-state index contributed by atoms with van der Waals surface area (Å²) in [4.78, 5) is 22.8. The predicted octanol–water partition coefficient (Wildman–Crippen LogP) is 3.47. The summed E-state index contributed by atoms with van der Waals surface area (Å²) in [5.41, 5.74) is 1.96. The van der Waals surface area contributed by atoms with E-state index in [4.69, 9.17) is 14.2 Å². The van der Waals surface area contributed by atoms with Crippen molar-refractivity contribution < 1.29 is 23.9 Å². The number of fused-ring (bicyclic) bond motifs is 1. The average Bonchev–Trinajstić information content (AvgIpc) is 3.41. The van der Waals surface area contributed by atoms with Gasteiger partial charge in [-0.3, -0.25) is 19.6 Å². The van der Waals surface area contributed by atoms with Crippen LogP contribution in [0.15, 0.2) is 54.9 Å². The van der Waals surface area contributed by atoms with Crippen molar-refractivity contribution in [1.82, 2.24) is 9.78 Å². The Morgan fingerprint density at radius 2 is 2.10 bits per heavy atom. The van der Waals surface area contributed by atoms with Crippen molar-refractivity contribution in [2.45, 2.75) is 6.54 Å². The van der Waals surface area contributed by atoms with Crippen LogP contribution in [0.5, 0.6) is 17.2 Å². The van der Waals surface area contributed by atoms with E-state index >= 15 is 0 Å². The van der Waals surface area contributed by atoms with Crippen LogP contribution < -0.4 is 14.2 Å². The van der Waals surface area contributed by atoms with E-state index in [1.54, 1.807) is 37.5 Å². The van der Waals surface area contributed by atoms with Gasteiger partial charge in [0.05, 0.1) is 18.6 Å². The number of nitrogens with zero attached hydrogens (tertiary/aromatic N) is 3. The highest BCUT2D eigenvalue weighted by Gasteiger charge is 2.15. The molecule has 1 aromatic heterocycles. The number of carbonyl (C=O) groups excluding carboxylic acids is 1. The van der Waals surface area contributed by atoms with E-state index in [-0.39, 0.29) is 24.8 Å². The van der Waals surface area contributed by atoms with Crippen LogP contribution in [-0.4, -0.2) is 34.4 Å². The fourth-order valence-corrected chi connectivity index (χ4v) is 3.05. The number of carbonyl (C=O) groups is 1. The average molecular weight is 407 g/mol. The molecule has 0 atom stereocenters. The summed E-state index contributed by atoms with van der Waals surface area (Å²) in [6, 6.07) is 10.5. The Bertz CT molecular complexity index is 1150. The molecule has 9 heteroatoms. The van der Waals surface area contributed by atoms with Crippen LogP contribution in [0.4, 0.5) is 5.69 Å². The van der Waals surface area contributed by atoms with Crippen LogP contribution >= 0.6 is 0 Å². The van der Waals surface area contributed by atoms with Gasteiger partial charge in [-0.25, -0.2) is 0 Å². The smallest absolute Gasteiger partial charge is 0.307 e. The Balaban J connectivity index is 1.53. The highest BCUT2D eigenvalue weighted by atomic mass is 16.7. The number of ether oxygens (including phenoxy) is 3. The van der Waals surface area contributed by atoms with Crippen LogP contribution in [0.25, 0.3) is 6.08 Å². The normalized spacial score (nSPS) is 12.3. The predicted molar refractivity (Wildman–Crippen MR) is 107 cm³/mol. The molecule has 0 bridgehead atoms. The largest absolute Gasteiger partial charge is 0.496 e. The maximum absolute atomic E-state index is 12.5. The summed E-state index contributed by atoms with van der Waals surface area (Å²) in [5.74, 6) is 1.62. The maximum atomic E-state index is 12.5. The Hall–Kier alpha value is -4.14. The molecule has 0 spiro atoms. The Morgan fingerprint density at radius 1 is 1.27 bits per heavy atom. The summed E-state index contributed by atoms with van der Waals surface area (Å²) in [7, 11) is 1.54. The minimum Gasteiger partial charge on any atom is -0.496 e. The van der Waals surface area contributed by atoms with Gasteiger partial charge in [-0.15, -0.1) is 0 Å². The van der Waals surface area contributed by atoms with E-state index < -0.39 is 4.92 Å². The first-order chi connectivity index (χ1) is 14.5. The Kier molecular flexibility index (Phi) is 5.17. The second-order valence-corrected chi connectivity index (χ2v) is 6.49. The van der Waals surface area contributed by atoms with Gasteiger partial charge in [0.15, 0.2) is 17.3 Å². The first-order valence-corrected chi connectivity index (χ1v) is 8.99. The van der Waals surface area contributed by atoms with Gasteiger partial charge in [-0.2, -0.15) is 5.10 Å². The highest BCUT2D eigenvalue weighted by Crippen LogP contribution is 2.32. The minimum absolute atomic E-state index is 0.0839.